The van der Waals surface area contributed by atoms with Gasteiger partial charge in [-0.05, 0) is 40.8 Å². The lowest BCUT2D eigenvalue weighted by Gasteiger charge is -2.51. The monoisotopic (exact) mass is 599 g/mol. The van der Waals surface area contributed by atoms with Crippen LogP contribution in [0.25, 0.3) is 0 Å². The zero-order valence-electron chi connectivity index (χ0n) is 25.8. The number of hydrogen-bond acceptors (Lipinski definition) is 5. The van der Waals surface area contributed by atoms with E-state index < -0.39 is 0 Å². The molecule has 0 saturated carbocycles. The minimum Gasteiger partial charge on any atom is -0.485 e. The smallest absolute Gasteiger partial charge is 0.162 e. The number of halogens is 1. The SMILES string of the molecule is CCC1C(c2ccccc2)N(N(CC)CC)CCN1Cc1ccc(OCc2ccccc2)c(OCc2ccccc2)c1.Cl. The predicted molar refractivity (Wildman–Crippen MR) is 179 cm³/mol. The molecular weight excluding hydrogens is 554 g/mol. The Hall–Kier alpha value is -3.35. The number of hydrogen-bond donors (Lipinski definition) is 0. The average Bonchev–Trinajstić information content (AvgIpc) is 3.05. The molecule has 0 aromatic heterocycles. The Labute approximate surface area is 264 Å². The van der Waals surface area contributed by atoms with Crippen LogP contribution >= 0.6 is 12.4 Å². The fraction of sp³-hybridized carbons (Fsp3) is 0.351. The van der Waals surface area contributed by atoms with Crippen LogP contribution in [0.15, 0.2) is 109 Å². The summed E-state index contributed by atoms with van der Waals surface area (Å²) in [6.45, 7) is 12.8. The standard InChI is InChI=1S/C37H45N3O2.ClH/c1-4-34-37(33-20-14-9-15-21-33)40(39(5-2)6-3)25-24-38(34)27-32-22-23-35(41-28-30-16-10-7-11-17-30)36(26-32)42-29-31-18-12-8-13-19-31;/h7-23,26,34,37H,4-6,24-25,27-29H2,1-3H3;1H. The van der Waals surface area contributed by atoms with E-state index in [1.807, 2.05) is 36.4 Å². The molecule has 228 valence electrons. The molecule has 0 aliphatic carbocycles. The molecule has 2 unspecified atom stereocenters. The maximum absolute atomic E-state index is 6.40. The van der Waals surface area contributed by atoms with Gasteiger partial charge in [-0.1, -0.05) is 118 Å². The van der Waals surface area contributed by atoms with E-state index in [1.54, 1.807) is 0 Å². The largest absolute Gasteiger partial charge is 0.485 e. The van der Waals surface area contributed by atoms with Gasteiger partial charge in [0.2, 0.25) is 0 Å². The molecule has 0 N–H and O–H groups in total. The van der Waals surface area contributed by atoms with Crippen molar-refractivity contribution < 1.29 is 9.47 Å². The first-order valence-corrected chi connectivity index (χ1v) is 15.5. The third-order valence-electron chi connectivity index (χ3n) is 8.29. The quantitative estimate of drug-likeness (QED) is 0.155. The van der Waals surface area contributed by atoms with Crippen LogP contribution in [-0.4, -0.2) is 47.1 Å². The second kappa shape index (κ2) is 16.5. The summed E-state index contributed by atoms with van der Waals surface area (Å²) in [6, 6.07) is 38.8. The third-order valence-corrected chi connectivity index (χ3v) is 8.29. The van der Waals surface area contributed by atoms with Crippen LogP contribution in [0.4, 0.5) is 0 Å². The van der Waals surface area contributed by atoms with E-state index in [9.17, 15) is 0 Å². The van der Waals surface area contributed by atoms with Gasteiger partial charge in [-0.3, -0.25) is 4.90 Å². The van der Waals surface area contributed by atoms with Gasteiger partial charge in [0.15, 0.2) is 11.5 Å². The molecule has 2 atom stereocenters. The predicted octanol–water partition coefficient (Wildman–Crippen LogP) is 8.16. The van der Waals surface area contributed by atoms with Crippen molar-refractivity contribution in [1.29, 1.82) is 0 Å². The van der Waals surface area contributed by atoms with Gasteiger partial charge in [0.25, 0.3) is 0 Å². The zero-order chi connectivity index (χ0) is 29.1. The van der Waals surface area contributed by atoms with E-state index in [0.29, 0.717) is 25.3 Å². The van der Waals surface area contributed by atoms with E-state index in [1.165, 1.54) is 11.1 Å². The molecule has 6 heteroatoms. The second-order valence-corrected chi connectivity index (χ2v) is 10.9. The Bertz CT molecular complexity index is 1350. The first-order valence-electron chi connectivity index (χ1n) is 15.5. The van der Waals surface area contributed by atoms with Crippen molar-refractivity contribution in [2.45, 2.75) is 59.0 Å². The van der Waals surface area contributed by atoms with Gasteiger partial charge in [0, 0.05) is 38.8 Å². The van der Waals surface area contributed by atoms with Crippen molar-refractivity contribution in [1.82, 2.24) is 14.9 Å². The van der Waals surface area contributed by atoms with Gasteiger partial charge in [-0.25, -0.2) is 10.0 Å². The molecule has 0 amide bonds. The van der Waals surface area contributed by atoms with E-state index in [2.05, 4.69) is 108 Å². The van der Waals surface area contributed by atoms with Crippen LogP contribution in [0.2, 0.25) is 0 Å². The summed E-state index contributed by atoms with van der Waals surface area (Å²) in [4.78, 5) is 2.67. The fourth-order valence-corrected chi connectivity index (χ4v) is 6.15. The summed E-state index contributed by atoms with van der Waals surface area (Å²) in [7, 11) is 0. The summed E-state index contributed by atoms with van der Waals surface area (Å²) in [6.07, 6.45) is 1.08. The molecule has 1 fully saturated rings. The Morgan fingerprint density at radius 2 is 1.21 bits per heavy atom. The van der Waals surface area contributed by atoms with Gasteiger partial charge in [0.1, 0.15) is 13.2 Å². The first-order chi connectivity index (χ1) is 20.7. The molecule has 0 bridgehead atoms. The molecule has 5 rings (SSSR count). The lowest BCUT2D eigenvalue weighted by Crippen LogP contribution is -2.59. The van der Waals surface area contributed by atoms with Crippen LogP contribution in [0.1, 0.15) is 55.5 Å². The zero-order valence-corrected chi connectivity index (χ0v) is 26.6. The maximum Gasteiger partial charge on any atom is 0.162 e. The Kier molecular flexibility index (Phi) is 12.5. The van der Waals surface area contributed by atoms with E-state index in [4.69, 9.17) is 9.47 Å². The molecule has 5 nitrogen and oxygen atoms in total. The molecule has 43 heavy (non-hydrogen) atoms. The van der Waals surface area contributed by atoms with Gasteiger partial charge >= 0.3 is 0 Å². The number of hydrazine groups is 1. The molecule has 1 heterocycles. The van der Waals surface area contributed by atoms with E-state index in [-0.39, 0.29) is 12.4 Å². The summed E-state index contributed by atoms with van der Waals surface area (Å²) in [5.74, 6) is 1.57. The normalized spacial score (nSPS) is 17.4. The van der Waals surface area contributed by atoms with Crippen LogP contribution < -0.4 is 9.47 Å². The topological polar surface area (TPSA) is 28.2 Å². The number of piperazine rings is 1. The highest BCUT2D eigenvalue weighted by molar-refractivity contribution is 5.85. The van der Waals surface area contributed by atoms with Gasteiger partial charge in [-0.2, -0.15) is 0 Å². The minimum absolute atomic E-state index is 0. The third kappa shape index (κ3) is 8.39. The number of benzene rings is 4. The Morgan fingerprint density at radius 3 is 1.77 bits per heavy atom. The lowest BCUT2D eigenvalue weighted by molar-refractivity contribution is -0.119. The molecule has 1 aliphatic heterocycles. The summed E-state index contributed by atoms with van der Waals surface area (Å²) in [5.41, 5.74) is 4.91. The molecule has 0 spiro atoms. The van der Waals surface area contributed by atoms with Crippen molar-refractivity contribution in [3.8, 4) is 11.5 Å². The van der Waals surface area contributed by atoms with E-state index in [0.717, 1.165) is 61.8 Å². The summed E-state index contributed by atoms with van der Waals surface area (Å²) >= 11 is 0. The number of rotatable bonds is 13. The van der Waals surface area contributed by atoms with Gasteiger partial charge < -0.3 is 9.47 Å². The van der Waals surface area contributed by atoms with Crippen LogP contribution in [0, 0.1) is 0 Å². The Morgan fingerprint density at radius 1 is 0.651 bits per heavy atom. The molecule has 1 saturated heterocycles. The van der Waals surface area contributed by atoms with Gasteiger partial charge in [-0.15, -0.1) is 12.4 Å². The minimum atomic E-state index is 0. The fourth-order valence-electron chi connectivity index (χ4n) is 6.15. The molecule has 4 aromatic rings. The molecule has 4 aromatic carbocycles. The van der Waals surface area contributed by atoms with Crippen molar-refractivity contribution >= 4 is 12.4 Å². The highest BCUT2D eigenvalue weighted by Crippen LogP contribution is 2.36. The molecule has 0 radical (unpaired) electrons. The summed E-state index contributed by atoms with van der Waals surface area (Å²) in [5, 5.41) is 5.13. The Balaban J connectivity index is 0.00000423. The van der Waals surface area contributed by atoms with Crippen molar-refractivity contribution in [2.75, 3.05) is 26.2 Å². The highest BCUT2D eigenvalue weighted by atomic mass is 35.5. The van der Waals surface area contributed by atoms with Gasteiger partial charge in [0.05, 0.1) is 6.04 Å². The van der Waals surface area contributed by atoms with Crippen molar-refractivity contribution in [3.63, 3.8) is 0 Å². The van der Waals surface area contributed by atoms with Crippen LogP contribution in [0.3, 0.4) is 0 Å². The molecular formula is C37H46ClN3O2. The number of nitrogens with zero attached hydrogens (tertiary/aromatic N) is 3. The maximum atomic E-state index is 6.40. The van der Waals surface area contributed by atoms with Crippen LogP contribution in [0.5, 0.6) is 11.5 Å². The number of ether oxygens (including phenoxy) is 2. The lowest BCUT2D eigenvalue weighted by atomic mass is 9.92. The van der Waals surface area contributed by atoms with Crippen molar-refractivity contribution in [3.05, 3.63) is 131 Å². The average molecular weight is 600 g/mol. The first kappa shape index (κ1) is 32.6. The van der Waals surface area contributed by atoms with E-state index >= 15 is 0 Å². The van der Waals surface area contributed by atoms with Crippen molar-refractivity contribution in [2.24, 2.45) is 0 Å². The summed E-state index contributed by atoms with van der Waals surface area (Å²) < 4.78 is 12.7. The second-order valence-electron chi connectivity index (χ2n) is 10.9. The highest BCUT2D eigenvalue weighted by Gasteiger charge is 2.38. The van der Waals surface area contributed by atoms with Crippen LogP contribution in [-0.2, 0) is 19.8 Å². The molecule has 1 aliphatic rings.